The van der Waals surface area contributed by atoms with Crippen LogP contribution in [0, 0.1) is 0 Å². The first-order chi connectivity index (χ1) is 20.2. The van der Waals surface area contributed by atoms with Crippen molar-refractivity contribution in [3.63, 3.8) is 0 Å². The number of piperazine rings is 1. The highest BCUT2D eigenvalue weighted by Gasteiger charge is 2.33. The minimum absolute atomic E-state index is 0.0618. The molecule has 4 heterocycles. The molecule has 6 rings (SSSR count). The Bertz CT molecular complexity index is 1770. The minimum atomic E-state index is -4.48. The molecule has 212 valence electrons. The maximum absolute atomic E-state index is 13.2. The average Bonchev–Trinajstić information content (AvgIpc) is 3.68. The van der Waals surface area contributed by atoms with E-state index in [4.69, 9.17) is 0 Å². The summed E-state index contributed by atoms with van der Waals surface area (Å²) in [5.41, 5.74) is 1.07. The highest BCUT2D eigenvalue weighted by Crippen LogP contribution is 2.33. The van der Waals surface area contributed by atoms with E-state index in [0.29, 0.717) is 41.2 Å². The van der Waals surface area contributed by atoms with Crippen LogP contribution < -0.4 is 0 Å². The SMILES string of the molecule is O=C(C(=O)N1CCN(C(=O)c2ccccc2)CC1)c1c[nH]c2c([N+]3=NC(c4cccc(C(F)(F)F)c4)=CC3)ncnc12. The van der Waals surface area contributed by atoms with Gasteiger partial charge in [0.05, 0.1) is 11.1 Å². The van der Waals surface area contributed by atoms with E-state index in [9.17, 15) is 27.6 Å². The van der Waals surface area contributed by atoms with E-state index in [1.165, 1.54) is 34.3 Å². The molecular formula is C29H23F3N7O3+. The van der Waals surface area contributed by atoms with Gasteiger partial charge in [-0.3, -0.25) is 14.4 Å². The van der Waals surface area contributed by atoms with Gasteiger partial charge in [0.2, 0.25) is 6.33 Å². The van der Waals surface area contributed by atoms with E-state index in [1.807, 2.05) is 6.07 Å². The number of nitrogens with zero attached hydrogens (tertiary/aromatic N) is 6. The second-order valence-electron chi connectivity index (χ2n) is 9.75. The number of azo groups is 2. The van der Waals surface area contributed by atoms with Gasteiger partial charge in [-0.15, -0.1) is 4.70 Å². The lowest BCUT2D eigenvalue weighted by atomic mass is 10.1. The Morgan fingerprint density at radius 3 is 2.38 bits per heavy atom. The van der Waals surface area contributed by atoms with Crippen molar-refractivity contribution >= 4 is 40.1 Å². The van der Waals surface area contributed by atoms with Crippen molar-refractivity contribution in [2.45, 2.75) is 6.18 Å². The largest absolute Gasteiger partial charge is 0.416 e. The van der Waals surface area contributed by atoms with Gasteiger partial charge >= 0.3 is 12.0 Å². The molecular weight excluding hydrogens is 551 g/mol. The first kappa shape index (κ1) is 27.0. The Morgan fingerprint density at radius 1 is 0.905 bits per heavy atom. The zero-order chi connectivity index (χ0) is 29.4. The summed E-state index contributed by atoms with van der Waals surface area (Å²) in [7, 11) is 0. The highest BCUT2D eigenvalue weighted by atomic mass is 19.4. The van der Waals surface area contributed by atoms with Crippen molar-refractivity contribution < 1.29 is 32.3 Å². The van der Waals surface area contributed by atoms with E-state index in [0.717, 1.165) is 12.1 Å². The number of amides is 2. The van der Waals surface area contributed by atoms with Gasteiger partial charge in [-0.05, 0) is 35.3 Å². The lowest BCUT2D eigenvalue weighted by molar-refractivity contribution is -0.493. The second-order valence-corrected chi connectivity index (χ2v) is 9.75. The molecule has 1 saturated heterocycles. The van der Waals surface area contributed by atoms with Gasteiger partial charge in [0.1, 0.15) is 17.8 Å². The summed E-state index contributed by atoms with van der Waals surface area (Å²) in [5.74, 6) is -1.29. The lowest BCUT2D eigenvalue weighted by Gasteiger charge is -2.34. The third-order valence-electron chi connectivity index (χ3n) is 7.17. The van der Waals surface area contributed by atoms with Crippen LogP contribution in [0.5, 0.6) is 0 Å². The van der Waals surface area contributed by atoms with Crippen LogP contribution in [0.25, 0.3) is 16.7 Å². The number of carbonyl (C=O) groups is 3. The number of hydrogen-bond acceptors (Lipinski definition) is 6. The molecule has 0 unspecified atom stereocenters. The molecule has 42 heavy (non-hydrogen) atoms. The molecule has 0 saturated carbocycles. The Labute approximate surface area is 236 Å². The number of aromatic amines is 1. The Balaban J connectivity index is 1.18. The first-order valence-corrected chi connectivity index (χ1v) is 13.1. The predicted molar refractivity (Wildman–Crippen MR) is 144 cm³/mol. The summed E-state index contributed by atoms with van der Waals surface area (Å²) in [4.78, 5) is 53.6. The number of H-pyrrole nitrogens is 1. The zero-order valence-electron chi connectivity index (χ0n) is 22.0. The Kier molecular flexibility index (Phi) is 6.85. The van der Waals surface area contributed by atoms with Crippen LogP contribution in [0.3, 0.4) is 0 Å². The predicted octanol–water partition coefficient (Wildman–Crippen LogP) is 4.29. The van der Waals surface area contributed by atoms with Gasteiger partial charge in [-0.25, -0.2) is 4.98 Å². The number of Topliss-reactive ketones (excluding diaryl/α,β-unsaturated/α-hetero) is 1. The molecule has 2 aromatic carbocycles. The van der Waals surface area contributed by atoms with Crippen molar-refractivity contribution in [1.82, 2.24) is 24.8 Å². The Morgan fingerprint density at radius 2 is 1.64 bits per heavy atom. The number of ketones is 1. The van der Waals surface area contributed by atoms with Crippen molar-refractivity contribution in [2.24, 2.45) is 5.11 Å². The standard InChI is InChI=1S/C29H22F3N7O3/c30-29(31,32)20-8-4-7-19(15-20)22-9-10-39(36-22)26-24-23(34-17-35-26)21(16-33-24)25(40)28(42)38-13-11-37(12-14-38)27(41)18-5-2-1-3-6-18/h1-9,15-17H,10-14H2/p+1. The maximum Gasteiger partial charge on any atom is 0.416 e. The summed E-state index contributed by atoms with van der Waals surface area (Å²) in [6.45, 7) is 1.24. The second kappa shape index (κ2) is 10.7. The molecule has 0 atom stereocenters. The fourth-order valence-corrected chi connectivity index (χ4v) is 4.98. The maximum atomic E-state index is 13.2. The molecule has 13 heteroatoms. The number of carbonyl (C=O) groups excluding carboxylic acids is 3. The van der Waals surface area contributed by atoms with Crippen molar-refractivity contribution in [3.8, 4) is 0 Å². The van der Waals surface area contributed by atoms with E-state index >= 15 is 0 Å². The van der Waals surface area contributed by atoms with Gasteiger partial charge in [0, 0.05) is 43.5 Å². The van der Waals surface area contributed by atoms with Crippen LogP contribution in [0.1, 0.15) is 31.8 Å². The van der Waals surface area contributed by atoms with Crippen LogP contribution in [-0.4, -0.2) is 79.8 Å². The van der Waals surface area contributed by atoms with Gasteiger partial charge in [-0.2, -0.15) is 13.2 Å². The average molecular weight is 575 g/mol. The molecule has 2 aliphatic rings. The minimum Gasteiger partial charge on any atom is -0.352 e. The third kappa shape index (κ3) is 5.04. The molecule has 2 aliphatic heterocycles. The van der Waals surface area contributed by atoms with Crippen molar-refractivity contribution in [2.75, 3.05) is 32.7 Å². The number of nitrogens with one attached hydrogen (secondary N) is 1. The zero-order valence-corrected chi connectivity index (χ0v) is 22.0. The van der Waals surface area contributed by atoms with Gasteiger partial charge < -0.3 is 14.8 Å². The van der Waals surface area contributed by atoms with Gasteiger partial charge in [0.15, 0.2) is 5.52 Å². The number of aromatic nitrogens is 3. The molecule has 10 nitrogen and oxygen atoms in total. The summed E-state index contributed by atoms with van der Waals surface area (Å²) in [6.07, 6.45) is -0.191. The fourth-order valence-electron chi connectivity index (χ4n) is 4.98. The molecule has 2 amide bonds. The number of alkyl halides is 3. The summed E-state index contributed by atoms with van der Waals surface area (Å²) >= 11 is 0. The van der Waals surface area contributed by atoms with E-state index in [1.54, 1.807) is 35.2 Å². The number of benzene rings is 2. The summed E-state index contributed by atoms with van der Waals surface area (Å²) < 4.78 is 41.0. The summed E-state index contributed by atoms with van der Waals surface area (Å²) in [6, 6.07) is 13.7. The fraction of sp³-hybridized carbons (Fsp3) is 0.207. The normalized spacial score (nSPS) is 15.5. The molecule has 0 bridgehead atoms. The smallest absolute Gasteiger partial charge is 0.352 e. The van der Waals surface area contributed by atoms with E-state index < -0.39 is 23.4 Å². The molecule has 1 N–H and O–H groups in total. The van der Waals surface area contributed by atoms with Crippen LogP contribution in [0.2, 0.25) is 0 Å². The number of fused-ring (bicyclic) bond motifs is 1. The number of rotatable bonds is 5. The van der Waals surface area contributed by atoms with Crippen LogP contribution in [0.4, 0.5) is 19.0 Å². The lowest BCUT2D eigenvalue weighted by Crippen LogP contribution is -2.52. The number of hydrogen-bond donors (Lipinski definition) is 1. The van der Waals surface area contributed by atoms with Crippen LogP contribution in [-0.2, 0) is 11.0 Å². The van der Waals surface area contributed by atoms with Crippen molar-refractivity contribution in [3.05, 3.63) is 95.5 Å². The third-order valence-corrected chi connectivity index (χ3v) is 7.17. The van der Waals surface area contributed by atoms with Crippen molar-refractivity contribution in [1.29, 1.82) is 0 Å². The molecule has 1 fully saturated rings. The van der Waals surface area contributed by atoms with E-state index in [-0.39, 0.29) is 36.6 Å². The monoisotopic (exact) mass is 574 g/mol. The van der Waals surface area contributed by atoms with Crippen LogP contribution in [0.15, 0.2) is 78.3 Å². The topological polar surface area (TPSA) is 115 Å². The molecule has 0 spiro atoms. The van der Waals surface area contributed by atoms with Crippen LogP contribution >= 0.6 is 0 Å². The Hall–Kier alpha value is -5.20. The quantitative estimate of drug-likeness (QED) is 0.217. The molecule has 0 aliphatic carbocycles. The van der Waals surface area contributed by atoms with Gasteiger partial charge in [-0.1, -0.05) is 35.4 Å². The molecule has 0 radical (unpaired) electrons. The number of halogens is 3. The highest BCUT2D eigenvalue weighted by molar-refractivity contribution is 6.44. The van der Waals surface area contributed by atoms with E-state index in [2.05, 4.69) is 20.1 Å². The molecule has 4 aromatic rings. The first-order valence-electron chi connectivity index (χ1n) is 13.1. The molecule has 2 aromatic heterocycles. The van der Waals surface area contributed by atoms with Gasteiger partial charge in [0.25, 0.3) is 17.6 Å². The summed E-state index contributed by atoms with van der Waals surface area (Å²) in [5, 5.41) is 4.43.